The van der Waals surface area contributed by atoms with Crippen LogP contribution in [0, 0.1) is 0 Å². The van der Waals surface area contributed by atoms with Gasteiger partial charge < -0.3 is 30.4 Å². The quantitative estimate of drug-likeness (QED) is 0.662. The lowest BCUT2D eigenvalue weighted by molar-refractivity contribution is 0.285. The molecule has 0 unspecified atom stereocenters. The van der Waals surface area contributed by atoms with Gasteiger partial charge in [0, 0.05) is 12.1 Å². The highest BCUT2D eigenvalue weighted by Gasteiger charge is 2.14. The zero-order valence-corrected chi connectivity index (χ0v) is 18.2. The number of hydrogen-bond acceptors (Lipinski definition) is 6. The van der Waals surface area contributed by atoms with Crippen LogP contribution in [0.5, 0.6) is 23.0 Å². The summed E-state index contributed by atoms with van der Waals surface area (Å²) in [5.41, 5.74) is 15.5. The fourth-order valence-electron chi connectivity index (χ4n) is 3.46. The van der Waals surface area contributed by atoms with E-state index in [1.54, 1.807) is 0 Å². The summed E-state index contributed by atoms with van der Waals surface area (Å²) in [6.07, 6.45) is 6.24. The topological polar surface area (TPSA) is 89.0 Å². The lowest BCUT2D eigenvalue weighted by Crippen LogP contribution is -2.09. The standard InChI is InChI=1S/2C12H17NO2/c2*1-2-5-14-12-7-9-4-3-6-15-11(9)8-10(12)13/h2*7-8H,2-6,13H2,1H3. The predicted octanol–water partition coefficient (Wildman–Crippen LogP) is 4.77. The molecule has 164 valence electrons. The summed E-state index contributed by atoms with van der Waals surface area (Å²) in [6, 6.07) is 7.78. The van der Waals surface area contributed by atoms with Crippen LogP contribution in [0.2, 0.25) is 0 Å². The molecule has 0 saturated carbocycles. The lowest BCUT2D eigenvalue weighted by Gasteiger charge is -2.19. The second kappa shape index (κ2) is 10.9. The molecule has 2 heterocycles. The Balaban J connectivity index is 0.000000171. The maximum atomic E-state index is 5.88. The van der Waals surface area contributed by atoms with Crippen LogP contribution in [0.4, 0.5) is 11.4 Å². The molecule has 0 fully saturated rings. The van der Waals surface area contributed by atoms with Crippen LogP contribution in [0.3, 0.4) is 0 Å². The second-order valence-corrected chi connectivity index (χ2v) is 7.60. The van der Waals surface area contributed by atoms with Gasteiger partial charge in [0.15, 0.2) is 0 Å². The summed E-state index contributed by atoms with van der Waals surface area (Å²) >= 11 is 0. The number of rotatable bonds is 6. The van der Waals surface area contributed by atoms with Gasteiger partial charge in [-0.05, 0) is 61.8 Å². The number of nitrogens with two attached hydrogens (primary N) is 2. The maximum absolute atomic E-state index is 5.88. The molecule has 2 aromatic carbocycles. The minimum atomic E-state index is 0.670. The van der Waals surface area contributed by atoms with Gasteiger partial charge in [0.2, 0.25) is 0 Å². The number of ether oxygens (including phenoxy) is 4. The van der Waals surface area contributed by atoms with Crippen molar-refractivity contribution in [3.8, 4) is 23.0 Å². The number of aryl methyl sites for hydroxylation is 2. The molecular formula is C24H34N2O4. The SMILES string of the molecule is CCCOc1cc2c(cc1N)OCCC2.CCCOc1cc2c(cc1N)OCCC2. The molecule has 0 aliphatic carbocycles. The summed E-state index contributed by atoms with van der Waals surface area (Å²) in [6.45, 7) is 7.17. The van der Waals surface area contributed by atoms with E-state index in [0.717, 1.165) is 74.7 Å². The van der Waals surface area contributed by atoms with E-state index in [0.29, 0.717) is 24.6 Å². The van der Waals surface area contributed by atoms with Crippen LogP contribution in [0.1, 0.15) is 50.7 Å². The van der Waals surface area contributed by atoms with E-state index in [1.165, 1.54) is 11.1 Å². The van der Waals surface area contributed by atoms with E-state index >= 15 is 0 Å². The average Bonchev–Trinajstić information content (AvgIpc) is 2.76. The first-order valence-electron chi connectivity index (χ1n) is 11.0. The summed E-state index contributed by atoms with van der Waals surface area (Å²) in [7, 11) is 0. The molecule has 6 nitrogen and oxygen atoms in total. The summed E-state index contributed by atoms with van der Waals surface area (Å²) in [4.78, 5) is 0. The summed E-state index contributed by atoms with van der Waals surface area (Å²) < 4.78 is 22.2. The van der Waals surface area contributed by atoms with E-state index in [1.807, 2.05) is 24.3 Å². The Kier molecular flexibility index (Phi) is 7.94. The van der Waals surface area contributed by atoms with Crippen molar-refractivity contribution in [2.75, 3.05) is 37.9 Å². The van der Waals surface area contributed by atoms with Crippen molar-refractivity contribution in [1.82, 2.24) is 0 Å². The Labute approximate surface area is 179 Å². The zero-order valence-electron chi connectivity index (χ0n) is 18.2. The molecular weight excluding hydrogens is 380 g/mol. The Bertz CT molecular complexity index is 769. The van der Waals surface area contributed by atoms with Gasteiger partial charge in [-0.2, -0.15) is 0 Å². The highest BCUT2D eigenvalue weighted by molar-refractivity contribution is 5.60. The van der Waals surface area contributed by atoms with Gasteiger partial charge in [-0.25, -0.2) is 0 Å². The van der Waals surface area contributed by atoms with Gasteiger partial charge in [0.05, 0.1) is 37.8 Å². The third kappa shape index (κ3) is 5.65. The fraction of sp³-hybridized carbons (Fsp3) is 0.500. The van der Waals surface area contributed by atoms with Gasteiger partial charge in [-0.15, -0.1) is 0 Å². The Morgan fingerprint density at radius 1 is 0.733 bits per heavy atom. The molecule has 2 aromatic rings. The zero-order chi connectivity index (χ0) is 21.3. The molecule has 0 bridgehead atoms. The van der Waals surface area contributed by atoms with Crippen molar-refractivity contribution in [1.29, 1.82) is 0 Å². The Morgan fingerprint density at radius 3 is 1.57 bits per heavy atom. The number of hydrogen-bond donors (Lipinski definition) is 2. The molecule has 2 aliphatic heterocycles. The van der Waals surface area contributed by atoms with Crippen LogP contribution >= 0.6 is 0 Å². The molecule has 2 aliphatic rings. The van der Waals surface area contributed by atoms with Crippen molar-refractivity contribution in [3.63, 3.8) is 0 Å². The monoisotopic (exact) mass is 414 g/mol. The minimum Gasteiger partial charge on any atom is -0.493 e. The van der Waals surface area contributed by atoms with Crippen LogP contribution < -0.4 is 30.4 Å². The predicted molar refractivity (Wildman–Crippen MR) is 121 cm³/mol. The van der Waals surface area contributed by atoms with Crippen LogP contribution in [0.15, 0.2) is 24.3 Å². The van der Waals surface area contributed by atoms with Crippen molar-refractivity contribution >= 4 is 11.4 Å². The summed E-state index contributed by atoms with van der Waals surface area (Å²) in [5.74, 6) is 3.42. The highest BCUT2D eigenvalue weighted by atomic mass is 16.5. The molecule has 0 atom stereocenters. The molecule has 4 N–H and O–H groups in total. The van der Waals surface area contributed by atoms with E-state index in [4.69, 9.17) is 30.4 Å². The van der Waals surface area contributed by atoms with Gasteiger partial charge >= 0.3 is 0 Å². The Morgan fingerprint density at radius 2 is 1.17 bits per heavy atom. The third-order valence-corrected chi connectivity index (χ3v) is 5.01. The molecule has 6 heteroatoms. The normalized spacial score (nSPS) is 14.2. The smallest absolute Gasteiger partial charge is 0.142 e. The van der Waals surface area contributed by atoms with Gasteiger partial charge in [-0.3, -0.25) is 0 Å². The van der Waals surface area contributed by atoms with Gasteiger partial charge in [0.25, 0.3) is 0 Å². The van der Waals surface area contributed by atoms with E-state index < -0.39 is 0 Å². The van der Waals surface area contributed by atoms with E-state index in [2.05, 4.69) is 13.8 Å². The van der Waals surface area contributed by atoms with Gasteiger partial charge in [0.1, 0.15) is 23.0 Å². The first-order valence-corrected chi connectivity index (χ1v) is 11.0. The Hall–Kier alpha value is -2.76. The third-order valence-electron chi connectivity index (χ3n) is 5.01. The minimum absolute atomic E-state index is 0.670. The van der Waals surface area contributed by atoms with Crippen LogP contribution in [-0.2, 0) is 12.8 Å². The number of fused-ring (bicyclic) bond motifs is 2. The van der Waals surface area contributed by atoms with Crippen molar-refractivity contribution in [3.05, 3.63) is 35.4 Å². The molecule has 0 spiro atoms. The molecule has 0 aromatic heterocycles. The van der Waals surface area contributed by atoms with Crippen LogP contribution in [-0.4, -0.2) is 26.4 Å². The molecule has 4 rings (SSSR count). The molecule has 0 radical (unpaired) electrons. The highest BCUT2D eigenvalue weighted by Crippen LogP contribution is 2.35. The van der Waals surface area contributed by atoms with Gasteiger partial charge in [-0.1, -0.05) is 13.8 Å². The second-order valence-electron chi connectivity index (χ2n) is 7.60. The van der Waals surface area contributed by atoms with E-state index in [9.17, 15) is 0 Å². The average molecular weight is 415 g/mol. The molecule has 30 heavy (non-hydrogen) atoms. The maximum Gasteiger partial charge on any atom is 0.142 e. The van der Waals surface area contributed by atoms with Crippen molar-refractivity contribution in [2.24, 2.45) is 0 Å². The first kappa shape index (κ1) is 21.9. The first-order chi connectivity index (χ1) is 14.6. The van der Waals surface area contributed by atoms with Crippen molar-refractivity contribution in [2.45, 2.75) is 52.4 Å². The van der Waals surface area contributed by atoms with E-state index in [-0.39, 0.29) is 0 Å². The largest absolute Gasteiger partial charge is 0.493 e. The molecule has 0 amide bonds. The lowest BCUT2D eigenvalue weighted by atomic mass is 10.1. The number of nitrogen functional groups attached to an aromatic ring is 2. The van der Waals surface area contributed by atoms with Crippen LogP contribution in [0.25, 0.3) is 0 Å². The number of benzene rings is 2. The van der Waals surface area contributed by atoms with Crippen molar-refractivity contribution < 1.29 is 18.9 Å². The fourth-order valence-corrected chi connectivity index (χ4v) is 3.46. The summed E-state index contributed by atoms with van der Waals surface area (Å²) in [5, 5.41) is 0. The molecule has 0 saturated heterocycles. The number of anilines is 2.